The standard InChI is InChI=1S/C16H22ClNO/c1-12(2)13-6-8-18(9-7-13)11-16(19)14-4-3-5-15(17)10-14/h3-5,10,12-13H,6-9,11H2,1-2H3. The van der Waals surface area contributed by atoms with E-state index in [0.29, 0.717) is 11.6 Å². The molecule has 1 aromatic rings. The van der Waals surface area contributed by atoms with E-state index in [9.17, 15) is 4.79 Å². The molecule has 1 aromatic carbocycles. The number of hydrogen-bond acceptors (Lipinski definition) is 2. The predicted molar refractivity (Wildman–Crippen MR) is 79.8 cm³/mol. The maximum atomic E-state index is 12.2. The second kappa shape index (κ2) is 6.53. The predicted octanol–water partition coefficient (Wildman–Crippen LogP) is 3.89. The van der Waals surface area contributed by atoms with Gasteiger partial charge in [-0.2, -0.15) is 0 Å². The first-order chi connectivity index (χ1) is 9.06. The summed E-state index contributed by atoms with van der Waals surface area (Å²) in [7, 11) is 0. The Hall–Kier alpha value is -0.860. The summed E-state index contributed by atoms with van der Waals surface area (Å²) in [5.74, 6) is 1.74. The van der Waals surface area contributed by atoms with Crippen molar-refractivity contribution >= 4 is 17.4 Å². The molecule has 104 valence electrons. The van der Waals surface area contributed by atoms with Crippen molar-refractivity contribution in [2.75, 3.05) is 19.6 Å². The number of nitrogens with zero attached hydrogens (tertiary/aromatic N) is 1. The Kier molecular flexibility index (Phi) is 5.00. The number of benzene rings is 1. The maximum absolute atomic E-state index is 12.2. The highest BCUT2D eigenvalue weighted by molar-refractivity contribution is 6.31. The monoisotopic (exact) mass is 279 g/mol. The fraction of sp³-hybridized carbons (Fsp3) is 0.562. The highest BCUT2D eigenvalue weighted by Gasteiger charge is 2.23. The quantitative estimate of drug-likeness (QED) is 0.780. The number of likely N-dealkylation sites (tertiary alicyclic amines) is 1. The van der Waals surface area contributed by atoms with E-state index in [0.717, 1.165) is 30.5 Å². The van der Waals surface area contributed by atoms with E-state index in [1.807, 2.05) is 12.1 Å². The molecule has 0 N–H and O–H groups in total. The summed E-state index contributed by atoms with van der Waals surface area (Å²) >= 11 is 5.92. The molecule has 0 atom stereocenters. The first-order valence-corrected chi connectivity index (χ1v) is 7.45. The molecule has 0 bridgehead atoms. The van der Waals surface area contributed by atoms with Gasteiger partial charge in [0.05, 0.1) is 6.54 Å². The van der Waals surface area contributed by atoms with Crippen molar-refractivity contribution in [1.82, 2.24) is 4.90 Å². The molecule has 3 heteroatoms. The summed E-state index contributed by atoms with van der Waals surface area (Å²) in [5.41, 5.74) is 0.721. The molecule has 1 heterocycles. The SMILES string of the molecule is CC(C)C1CCN(CC(=O)c2cccc(Cl)c2)CC1. The van der Waals surface area contributed by atoms with Crippen LogP contribution in [0.1, 0.15) is 37.0 Å². The van der Waals surface area contributed by atoms with Crippen molar-refractivity contribution in [2.24, 2.45) is 11.8 Å². The summed E-state index contributed by atoms with van der Waals surface area (Å²) in [5, 5.41) is 0.629. The van der Waals surface area contributed by atoms with Gasteiger partial charge < -0.3 is 0 Å². The number of rotatable bonds is 4. The lowest BCUT2D eigenvalue weighted by Gasteiger charge is -2.33. The Morgan fingerprint density at radius 3 is 2.63 bits per heavy atom. The lowest BCUT2D eigenvalue weighted by Crippen LogP contribution is -2.38. The Balaban J connectivity index is 1.87. The van der Waals surface area contributed by atoms with E-state index >= 15 is 0 Å². The average molecular weight is 280 g/mol. The minimum absolute atomic E-state index is 0.172. The zero-order valence-corrected chi connectivity index (χ0v) is 12.5. The normalized spacial score (nSPS) is 17.9. The molecule has 0 aliphatic carbocycles. The molecule has 1 aliphatic heterocycles. The fourth-order valence-electron chi connectivity index (χ4n) is 2.73. The molecule has 0 spiro atoms. The summed E-state index contributed by atoms with van der Waals surface area (Å²) in [6, 6.07) is 7.23. The van der Waals surface area contributed by atoms with Crippen LogP contribution in [-0.2, 0) is 0 Å². The van der Waals surface area contributed by atoms with Crippen LogP contribution in [-0.4, -0.2) is 30.3 Å². The number of Topliss-reactive ketones (excluding diaryl/α,β-unsaturated/α-hetero) is 1. The third-order valence-corrected chi connectivity index (χ3v) is 4.32. The summed E-state index contributed by atoms with van der Waals surface area (Å²) in [6.07, 6.45) is 2.42. The number of carbonyl (C=O) groups is 1. The van der Waals surface area contributed by atoms with Gasteiger partial charge in [-0.15, -0.1) is 0 Å². The average Bonchev–Trinajstić information content (AvgIpc) is 2.39. The van der Waals surface area contributed by atoms with E-state index in [1.54, 1.807) is 12.1 Å². The summed E-state index contributed by atoms with van der Waals surface area (Å²) in [6.45, 7) is 7.17. The molecule has 19 heavy (non-hydrogen) atoms. The van der Waals surface area contributed by atoms with E-state index in [1.165, 1.54) is 12.8 Å². The van der Waals surface area contributed by atoms with Gasteiger partial charge in [0.15, 0.2) is 5.78 Å². The van der Waals surface area contributed by atoms with E-state index < -0.39 is 0 Å². The van der Waals surface area contributed by atoms with Crippen LogP contribution in [0.25, 0.3) is 0 Å². The molecule has 0 radical (unpaired) electrons. The maximum Gasteiger partial charge on any atom is 0.176 e. The van der Waals surface area contributed by atoms with Gasteiger partial charge in [-0.1, -0.05) is 37.6 Å². The zero-order chi connectivity index (χ0) is 13.8. The van der Waals surface area contributed by atoms with Gasteiger partial charge in [0.2, 0.25) is 0 Å². The van der Waals surface area contributed by atoms with Crippen molar-refractivity contribution < 1.29 is 4.79 Å². The molecule has 1 saturated heterocycles. The number of ketones is 1. The number of carbonyl (C=O) groups excluding carboxylic acids is 1. The lowest BCUT2D eigenvalue weighted by molar-refractivity contribution is 0.0880. The van der Waals surface area contributed by atoms with Gasteiger partial charge in [0, 0.05) is 10.6 Å². The Labute approximate surface area is 120 Å². The molecule has 0 aromatic heterocycles. The first kappa shape index (κ1) is 14.5. The minimum Gasteiger partial charge on any atom is -0.296 e. The third kappa shape index (κ3) is 4.05. The topological polar surface area (TPSA) is 20.3 Å². The lowest BCUT2D eigenvalue weighted by atomic mass is 9.86. The molecular formula is C16H22ClNO. The number of halogens is 1. The Morgan fingerprint density at radius 1 is 1.37 bits per heavy atom. The van der Waals surface area contributed by atoms with Crippen molar-refractivity contribution in [3.05, 3.63) is 34.9 Å². The number of hydrogen-bond donors (Lipinski definition) is 0. The van der Waals surface area contributed by atoms with E-state index in [-0.39, 0.29) is 5.78 Å². The van der Waals surface area contributed by atoms with Crippen LogP contribution in [0.4, 0.5) is 0 Å². The van der Waals surface area contributed by atoms with E-state index in [2.05, 4.69) is 18.7 Å². The van der Waals surface area contributed by atoms with Crippen LogP contribution in [0.3, 0.4) is 0 Å². The van der Waals surface area contributed by atoms with Crippen LogP contribution < -0.4 is 0 Å². The minimum atomic E-state index is 0.172. The van der Waals surface area contributed by atoms with Crippen LogP contribution in [0.2, 0.25) is 5.02 Å². The highest BCUT2D eigenvalue weighted by Crippen LogP contribution is 2.24. The van der Waals surface area contributed by atoms with E-state index in [4.69, 9.17) is 11.6 Å². The van der Waals surface area contributed by atoms with Crippen molar-refractivity contribution in [1.29, 1.82) is 0 Å². The largest absolute Gasteiger partial charge is 0.296 e. The van der Waals surface area contributed by atoms with Gasteiger partial charge >= 0.3 is 0 Å². The molecule has 0 amide bonds. The molecule has 2 rings (SSSR count). The van der Waals surface area contributed by atoms with Crippen LogP contribution in [0.5, 0.6) is 0 Å². The second-order valence-corrected chi connectivity index (χ2v) is 6.23. The van der Waals surface area contributed by atoms with Gasteiger partial charge in [-0.25, -0.2) is 0 Å². The first-order valence-electron chi connectivity index (χ1n) is 7.07. The zero-order valence-electron chi connectivity index (χ0n) is 11.7. The fourth-order valence-corrected chi connectivity index (χ4v) is 2.92. The Bertz CT molecular complexity index is 436. The third-order valence-electron chi connectivity index (χ3n) is 4.09. The molecule has 1 fully saturated rings. The van der Waals surface area contributed by atoms with Gasteiger partial charge in [-0.3, -0.25) is 9.69 Å². The van der Waals surface area contributed by atoms with Crippen LogP contribution in [0, 0.1) is 11.8 Å². The van der Waals surface area contributed by atoms with Crippen LogP contribution >= 0.6 is 11.6 Å². The molecule has 2 nitrogen and oxygen atoms in total. The smallest absolute Gasteiger partial charge is 0.176 e. The highest BCUT2D eigenvalue weighted by atomic mass is 35.5. The van der Waals surface area contributed by atoms with Gasteiger partial charge in [0.1, 0.15) is 0 Å². The van der Waals surface area contributed by atoms with Crippen LogP contribution in [0.15, 0.2) is 24.3 Å². The molecule has 1 aliphatic rings. The van der Waals surface area contributed by atoms with Gasteiger partial charge in [0.25, 0.3) is 0 Å². The number of piperidine rings is 1. The van der Waals surface area contributed by atoms with Crippen molar-refractivity contribution in [2.45, 2.75) is 26.7 Å². The Morgan fingerprint density at radius 2 is 2.05 bits per heavy atom. The molecule has 0 unspecified atom stereocenters. The van der Waals surface area contributed by atoms with Crippen molar-refractivity contribution in [3.8, 4) is 0 Å². The summed E-state index contributed by atoms with van der Waals surface area (Å²) < 4.78 is 0. The second-order valence-electron chi connectivity index (χ2n) is 5.79. The van der Waals surface area contributed by atoms with Gasteiger partial charge in [-0.05, 0) is 49.9 Å². The van der Waals surface area contributed by atoms with Crippen molar-refractivity contribution in [3.63, 3.8) is 0 Å². The molecule has 0 saturated carbocycles. The molecular weight excluding hydrogens is 258 g/mol. The summed E-state index contributed by atoms with van der Waals surface area (Å²) in [4.78, 5) is 14.4.